The van der Waals surface area contributed by atoms with Gasteiger partial charge in [-0.15, -0.1) is 0 Å². The van der Waals surface area contributed by atoms with Crippen molar-refractivity contribution >= 4 is 35.1 Å². The Morgan fingerprint density at radius 2 is 1.76 bits per heavy atom. The van der Waals surface area contributed by atoms with E-state index >= 15 is 0 Å². The number of aromatic nitrogens is 1. The highest BCUT2D eigenvalue weighted by molar-refractivity contribution is 6.32. The number of benzene rings is 1. The summed E-state index contributed by atoms with van der Waals surface area (Å²) in [6.45, 7) is 5.18. The van der Waals surface area contributed by atoms with Crippen LogP contribution in [-0.4, -0.2) is 86.2 Å². The maximum atomic E-state index is 14.0. The SMILES string of the molecule is CN(C)C1C(=O)C(C(N)=O)C(=O)C2(O)C(=O)C3C(=O)c4c(O)ccc(-c5cccn5C(=O)OC(C)(C)C)c4CC3CC12. The number of ether oxygens (including phenoxy) is 1. The summed E-state index contributed by atoms with van der Waals surface area (Å²) in [4.78, 5) is 81.1. The van der Waals surface area contributed by atoms with Crippen molar-refractivity contribution in [2.45, 2.75) is 50.9 Å². The topological polar surface area (TPSA) is 186 Å². The molecule has 0 aliphatic heterocycles. The third-order valence-corrected chi connectivity index (χ3v) is 8.56. The number of rotatable bonds is 3. The number of phenolic OH excluding ortho intramolecular Hbond substituents is 1. The molecule has 42 heavy (non-hydrogen) atoms. The van der Waals surface area contributed by atoms with Crippen molar-refractivity contribution in [2.75, 3.05) is 14.1 Å². The molecule has 1 amide bonds. The maximum absolute atomic E-state index is 14.0. The average molecular weight is 580 g/mol. The van der Waals surface area contributed by atoms with Crippen LogP contribution in [0.2, 0.25) is 0 Å². The molecule has 2 fully saturated rings. The van der Waals surface area contributed by atoms with Crippen molar-refractivity contribution in [3.63, 3.8) is 0 Å². The first-order valence-electron chi connectivity index (χ1n) is 13.6. The van der Waals surface area contributed by atoms with Gasteiger partial charge in [0.2, 0.25) is 5.91 Å². The van der Waals surface area contributed by atoms with Crippen LogP contribution in [0.3, 0.4) is 0 Å². The molecule has 6 atom stereocenters. The molecule has 0 saturated heterocycles. The zero-order valence-corrected chi connectivity index (χ0v) is 23.9. The molecule has 2 saturated carbocycles. The van der Waals surface area contributed by atoms with Crippen LogP contribution in [0.1, 0.15) is 43.1 Å². The summed E-state index contributed by atoms with van der Waals surface area (Å²) in [5, 5.41) is 22.5. The molecule has 2 aromatic rings. The fourth-order valence-corrected chi connectivity index (χ4v) is 6.92. The van der Waals surface area contributed by atoms with Gasteiger partial charge in [-0.05, 0) is 83.5 Å². The zero-order chi connectivity index (χ0) is 31.0. The predicted molar refractivity (Wildman–Crippen MR) is 146 cm³/mol. The number of likely N-dealkylation sites (N-methyl/N-ethyl adjacent to an activating group) is 1. The summed E-state index contributed by atoms with van der Waals surface area (Å²) in [7, 11) is 3.05. The van der Waals surface area contributed by atoms with Gasteiger partial charge in [-0.2, -0.15) is 0 Å². The molecular formula is C30H33N3O9. The minimum absolute atomic E-state index is 0.0646. The molecule has 1 aromatic heterocycles. The fourth-order valence-electron chi connectivity index (χ4n) is 6.92. The van der Waals surface area contributed by atoms with E-state index in [-0.39, 0.29) is 18.4 Å². The molecule has 1 heterocycles. The molecule has 12 heteroatoms. The molecule has 3 aliphatic rings. The molecule has 0 spiro atoms. The van der Waals surface area contributed by atoms with Crippen molar-refractivity contribution in [1.29, 1.82) is 0 Å². The number of nitrogens with two attached hydrogens (primary N) is 1. The van der Waals surface area contributed by atoms with E-state index in [4.69, 9.17) is 10.5 Å². The molecule has 0 bridgehead atoms. The van der Waals surface area contributed by atoms with Gasteiger partial charge >= 0.3 is 6.09 Å². The van der Waals surface area contributed by atoms with E-state index in [1.165, 1.54) is 35.8 Å². The maximum Gasteiger partial charge on any atom is 0.418 e. The molecule has 1 aromatic carbocycles. The van der Waals surface area contributed by atoms with Crippen LogP contribution in [-0.2, 0) is 30.3 Å². The van der Waals surface area contributed by atoms with E-state index in [9.17, 15) is 39.0 Å². The number of fused-ring (bicyclic) bond motifs is 3. The first kappa shape index (κ1) is 29.3. The van der Waals surface area contributed by atoms with Crippen molar-refractivity contribution in [3.8, 4) is 17.0 Å². The van der Waals surface area contributed by atoms with Crippen LogP contribution >= 0.6 is 0 Å². The number of hydrogen-bond donors (Lipinski definition) is 3. The van der Waals surface area contributed by atoms with Crippen LogP contribution in [0, 0.1) is 23.7 Å². The number of hydrogen-bond acceptors (Lipinski definition) is 10. The van der Waals surface area contributed by atoms with E-state index in [0.717, 1.165) is 0 Å². The van der Waals surface area contributed by atoms with Crippen molar-refractivity contribution in [2.24, 2.45) is 29.4 Å². The lowest BCUT2D eigenvalue weighted by atomic mass is 9.52. The van der Waals surface area contributed by atoms with Crippen LogP contribution in [0.25, 0.3) is 11.3 Å². The highest BCUT2D eigenvalue weighted by Crippen LogP contribution is 2.51. The smallest absolute Gasteiger partial charge is 0.418 e. The van der Waals surface area contributed by atoms with Crippen molar-refractivity contribution in [3.05, 3.63) is 41.6 Å². The lowest BCUT2D eigenvalue weighted by Gasteiger charge is -2.52. The highest BCUT2D eigenvalue weighted by Gasteiger charge is 2.69. The van der Waals surface area contributed by atoms with E-state index in [0.29, 0.717) is 16.8 Å². The first-order chi connectivity index (χ1) is 19.5. The summed E-state index contributed by atoms with van der Waals surface area (Å²) in [5.41, 5.74) is 2.85. The second-order valence-corrected chi connectivity index (χ2v) is 12.5. The van der Waals surface area contributed by atoms with Crippen LogP contribution in [0.4, 0.5) is 4.79 Å². The fraction of sp³-hybridized carbons (Fsp3) is 0.467. The van der Waals surface area contributed by atoms with Gasteiger partial charge in [-0.3, -0.25) is 33.4 Å². The number of carbonyl (C=O) groups is 6. The Balaban J connectivity index is 1.63. The summed E-state index contributed by atoms with van der Waals surface area (Å²) in [6, 6.07) is 4.93. The minimum atomic E-state index is -2.80. The number of amides is 1. The Hall–Kier alpha value is -4.16. The second kappa shape index (κ2) is 9.70. The van der Waals surface area contributed by atoms with E-state index in [2.05, 4.69) is 0 Å². The van der Waals surface area contributed by atoms with Gasteiger partial charge in [0, 0.05) is 17.7 Å². The third kappa shape index (κ3) is 4.19. The van der Waals surface area contributed by atoms with E-state index in [1.54, 1.807) is 39.0 Å². The van der Waals surface area contributed by atoms with Crippen LogP contribution in [0.5, 0.6) is 5.75 Å². The predicted octanol–water partition coefficient (Wildman–Crippen LogP) is 1.12. The number of phenols is 1. The Morgan fingerprint density at radius 1 is 1.10 bits per heavy atom. The van der Waals surface area contributed by atoms with Gasteiger partial charge < -0.3 is 20.7 Å². The molecule has 3 aliphatic carbocycles. The normalized spacial score (nSPS) is 29.2. The Labute approximate surface area is 241 Å². The molecule has 5 rings (SSSR count). The first-order valence-corrected chi connectivity index (χ1v) is 13.6. The summed E-state index contributed by atoms with van der Waals surface area (Å²) >= 11 is 0. The molecule has 0 radical (unpaired) electrons. The minimum Gasteiger partial charge on any atom is -0.507 e. The Bertz CT molecular complexity index is 1570. The summed E-state index contributed by atoms with van der Waals surface area (Å²) in [6.07, 6.45) is 0.844. The monoisotopic (exact) mass is 579 g/mol. The summed E-state index contributed by atoms with van der Waals surface area (Å²) in [5.74, 6) is -11.3. The number of Topliss-reactive ketones (excluding diaryl/α,β-unsaturated/α-hetero) is 4. The van der Waals surface area contributed by atoms with Gasteiger partial charge in [0.05, 0.1) is 23.2 Å². The van der Waals surface area contributed by atoms with Gasteiger partial charge in [-0.1, -0.05) is 0 Å². The van der Waals surface area contributed by atoms with E-state index in [1.807, 2.05) is 0 Å². The lowest BCUT2D eigenvalue weighted by Crippen LogP contribution is -2.74. The Kier molecular flexibility index (Phi) is 6.78. The van der Waals surface area contributed by atoms with Crippen LogP contribution in [0.15, 0.2) is 30.5 Å². The standard InChI is InChI=1S/C30H33N3O9/c1-29(2,3)42-28(40)33-10-6-7-17(33)14-8-9-18(34)20-15(14)11-13-12-16-22(32(4)5)24(36)21(27(31)39)26(38)30(16,41)25(37)19(13)23(20)35/h6-10,13,16,19,21-22,34,41H,11-12H2,1-5H3,(H2,31,39). The number of nitrogens with zero attached hydrogens (tertiary/aromatic N) is 2. The molecule has 222 valence electrons. The van der Waals surface area contributed by atoms with Crippen molar-refractivity contribution < 1.29 is 43.7 Å². The van der Waals surface area contributed by atoms with Gasteiger partial charge in [0.1, 0.15) is 11.4 Å². The van der Waals surface area contributed by atoms with Crippen LogP contribution < -0.4 is 5.73 Å². The lowest BCUT2D eigenvalue weighted by molar-refractivity contribution is -0.181. The largest absolute Gasteiger partial charge is 0.507 e. The highest BCUT2D eigenvalue weighted by atomic mass is 16.6. The molecule has 4 N–H and O–H groups in total. The number of aliphatic hydroxyl groups is 1. The van der Waals surface area contributed by atoms with Crippen molar-refractivity contribution in [1.82, 2.24) is 9.47 Å². The molecular weight excluding hydrogens is 546 g/mol. The molecule has 12 nitrogen and oxygen atoms in total. The summed E-state index contributed by atoms with van der Waals surface area (Å²) < 4.78 is 6.80. The number of carbonyl (C=O) groups excluding carboxylic acids is 6. The van der Waals surface area contributed by atoms with Gasteiger partial charge in [0.25, 0.3) is 0 Å². The zero-order valence-electron chi connectivity index (χ0n) is 23.9. The molecule has 6 unspecified atom stereocenters. The Morgan fingerprint density at radius 3 is 2.36 bits per heavy atom. The van der Waals surface area contributed by atoms with Gasteiger partial charge in [-0.25, -0.2) is 4.79 Å². The number of aromatic hydroxyl groups is 1. The average Bonchev–Trinajstić information content (AvgIpc) is 3.35. The quantitative estimate of drug-likeness (QED) is 0.445. The number of ketones is 4. The second-order valence-electron chi connectivity index (χ2n) is 12.5. The van der Waals surface area contributed by atoms with E-state index < -0.39 is 81.8 Å². The number of primary amides is 1. The van der Waals surface area contributed by atoms with Gasteiger partial charge in [0.15, 0.2) is 34.7 Å². The third-order valence-electron chi connectivity index (χ3n) is 8.56.